The molecule has 0 heterocycles. The summed E-state index contributed by atoms with van der Waals surface area (Å²) in [6.45, 7) is 2.27. The van der Waals surface area contributed by atoms with E-state index >= 15 is 0 Å². The molecule has 2 aliphatic rings. The first-order valence-corrected chi connectivity index (χ1v) is 18.6. The molecule has 2 saturated carbocycles. The molecule has 0 unspecified atom stereocenters. The fourth-order valence-electron chi connectivity index (χ4n) is 6.70. The van der Waals surface area contributed by atoms with Crippen molar-refractivity contribution in [3.8, 4) is 11.5 Å². The van der Waals surface area contributed by atoms with Crippen molar-refractivity contribution in [2.75, 3.05) is 6.16 Å². The fourth-order valence-corrected chi connectivity index (χ4v) is 8.41. The van der Waals surface area contributed by atoms with Crippen LogP contribution in [0, 0.1) is 0 Å². The van der Waals surface area contributed by atoms with Gasteiger partial charge in [0.25, 0.3) is 0 Å². The van der Waals surface area contributed by atoms with E-state index in [1.807, 2.05) is 24.3 Å². The van der Waals surface area contributed by atoms with Crippen LogP contribution in [0.2, 0.25) is 0 Å². The Morgan fingerprint density at radius 2 is 0.905 bits per heavy atom. The average molecular weight is 615 g/mol. The second-order valence-corrected chi connectivity index (χ2v) is 14.5. The van der Waals surface area contributed by atoms with Crippen LogP contribution in [0.1, 0.15) is 158 Å². The molecule has 0 amide bonds. The molecule has 2 aliphatic carbocycles. The van der Waals surface area contributed by atoms with Crippen LogP contribution in [0.25, 0.3) is 0 Å². The van der Waals surface area contributed by atoms with Gasteiger partial charge in [0, 0.05) is 0 Å². The van der Waals surface area contributed by atoms with E-state index in [1.54, 1.807) is 0 Å². The number of hydrogen-bond donors (Lipinski definition) is 0. The number of hydrogen-bond acceptors (Lipinski definition) is 3. The van der Waals surface area contributed by atoms with Gasteiger partial charge in [0.1, 0.15) is 11.5 Å². The molecule has 6 heteroatoms. The van der Waals surface area contributed by atoms with Crippen LogP contribution in [0.5, 0.6) is 11.5 Å². The van der Waals surface area contributed by atoms with E-state index in [0.717, 1.165) is 12.8 Å². The first-order valence-electron chi connectivity index (χ1n) is 16.8. The summed E-state index contributed by atoms with van der Waals surface area (Å²) in [6.07, 6.45) is 26.0. The maximum absolute atomic E-state index is 14.1. The molecule has 0 bridgehead atoms. The van der Waals surface area contributed by atoms with Crippen molar-refractivity contribution in [1.82, 2.24) is 0 Å². The summed E-state index contributed by atoms with van der Waals surface area (Å²) in [5, 5.41) is 0. The fraction of sp³-hybridized carbons (Fsp3) is 0.667. The Kier molecular flexibility index (Phi) is 20.1. The molecule has 2 aromatic rings. The molecular formula is C36H57Na2O3P. The molecule has 2 fully saturated rings. The Bertz CT molecular complexity index is 932. The van der Waals surface area contributed by atoms with Crippen molar-refractivity contribution in [1.29, 1.82) is 0 Å². The van der Waals surface area contributed by atoms with Crippen molar-refractivity contribution >= 4 is 66.7 Å². The molecule has 0 aromatic heterocycles. The SMILES string of the molecule is CCCCCCCCCCCCP(=O)(Oc1ccc(C2CCCCC2)cc1)Oc1ccc(C2CCCCC2)cc1.[NaH].[NaH]. The average Bonchev–Trinajstić information content (AvgIpc) is 3.00. The quantitative estimate of drug-likeness (QED) is 0.101. The molecule has 3 nitrogen and oxygen atoms in total. The molecule has 0 atom stereocenters. The second-order valence-electron chi connectivity index (χ2n) is 12.5. The van der Waals surface area contributed by atoms with Gasteiger partial charge in [0.05, 0.1) is 6.16 Å². The topological polar surface area (TPSA) is 35.5 Å². The van der Waals surface area contributed by atoms with Gasteiger partial charge in [0.15, 0.2) is 0 Å². The van der Waals surface area contributed by atoms with Gasteiger partial charge in [-0.05, 0) is 79.3 Å². The Hall–Kier alpha value is 0.270. The molecule has 0 N–H and O–H groups in total. The van der Waals surface area contributed by atoms with Crippen LogP contribution < -0.4 is 9.05 Å². The molecular weight excluding hydrogens is 557 g/mol. The Labute approximate surface area is 302 Å². The molecule has 4 rings (SSSR count). The van der Waals surface area contributed by atoms with E-state index in [1.165, 1.54) is 127 Å². The molecule has 0 saturated heterocycles. The maximum atomic E-state index is 14.1. The molecule has 0 aliphatic heterocycles. The summed E-state index contributed by atoms with van der Waals surface area (Å²) in [5.74, 6) is 2.63. The van der Waals surface area contributed by atoms with E-state index in [0.29, 0.717) is 29.5 Å². The van der Waals surface area contributed by atoms with Crippen molar-refractivity contribution in [3.05, 3.63) is 59.7 Å². The van der Waals surface area contributed by atoms with Crippen molar-refractivity contribution in [2.45, 2.75) is 147 Å². The first-order chi connectivity index (χ1) is 19.6. The van der Waals surface area contributed by atoms with Crippen molar-refractivity contribution in [3.63, 3.8) is 0 Å². The van der Waals surface area contributed by atoms with E-state index in [9.17, 15) is 4.57 Å². The Balaban J connectivity index is 0.00000308. The van der Waals surface area contributed by atoms with Gasteiger partial charge in [-0.25, -0.2) is 4.57 Å². The third-order valence-corrected chi connectivity index (χ3v) is 11.0. The zero-order valence-electron chi connectivity index (χ0n) is 25.3. The number of rotatable bonds is 17. The van der Waals surface area contributed by atoms with Crippen LogP contribution >= 0.6 is 7.60 Å². The number of unbranched alkanes of at least 4 members (excludes halogenated alkanes) is 9. The summed E-state index contributed by atoms with van der Waals surface area (Å²) in [6, 6.07) is 16.7. The predicted molar refractivity (Wildman–Crippen MR) is 184 cm³/mol. The molecule has 2 aromatic carbocycles. The first kappa shape index (κ1) is 38.5. The van der Waals surface area contributed by atoms with Gasteiger partial charge in [-0.2, -0.15) is 0 Å². The molecule has 226 valence electrons. The van der Waals surface area contributed by atoms with Crippen LogP contribution in [0.4, 0.5) is 0 Å². The minimum absolute atomic E-state index is 0. The van der Waals surface area contributed by atoms with Crippen LogP contribution in [0.15, 0.2) is 48.5 Å². The summed E-state index contributed by atoms with van der Waals surface area (Å²) in [7, 11) is -3.33. The summed E-state index contributed by atoms with van der Waals surface area (Å²) < 4.78 is 26.5. The third-order valence-electron chi connectivity index (χ3n) is 9.19. The van der Waals surface area contributed by atoms with Crippen molar-refractivity contribution in [2.24, 2.45) is 0 Å². The van der Waals surface area contributed by atoms with Gasteiger partial charge < -0.3 is 9.05 Å². The van der Waals surface area contributed by atoms with Crippen LogP contribution in [-0.4, -0.2) is 65.3 Å². The van der Waals surface area contributed by atoms with E-state index < -0.39 is 7.60 Å². The normalized spacial score (nSPS) is 16.3. The predicted octanol–water partition coefficient (Wildman–Crippen LogP) is 11.1. The van der Waals surface area contributed by atoms with Gasteiger partial charge in [-0.1, -0.05) is 128 Å². The zero-order chi connectivity index (χ0) is 27.9. The molecule has 42 heavy (non-hydrogen) atoms. The van der Waals surface area contributed by atoms with Crippen LogP contribution in [0.3, 0.4) is 0 Å². The second kappa shape index (κ2) is 21.9. The third kappa shape index (κ3) is 13.7. The standard InChI is InChI=1S/C36H55O3P.2Na.2H/c1-2-3-4-5-6-7-8-9-10-17-30-40(37,38-35-26-22-33(23-27-35)31-18-13-11-14-19-31)39-36-28-24-34(25-29-36)32-20-15-12-16-21-32;;;;/h22-29,31-32H,2-21,30H2,1H3;;;;. The van der Waals surface area contributed by atoms with Crippen molar-refractivity contribution < 1.29 is 13.6 Å². The van der Waals surface area contributed by atoms with E-state index in [-0.39, 0.29) is 59.1 Å². The van der Waals surface area contributed by atoms with Gasteiger partial charge in [0.2, 0.25) is 0 Å². The molecule has 0 spiro atoms. The Morgan fingerprint density at radius 3 is 1.29 bits per heavy atom. The van der Waals surface area contributed by atoms with Gasteiger partial charge >= 0.3 is 66.7 Å². The van der Waals surface area contributed by atoms with Crippen LogP contribution in [-0.2, 0) is 4.57 Å². The molecule has 0 radical (unpaired) electrons. The minimum atomic E-state index is -3.33. The summed E-state index contributed by atoms with van der Waals surface area (Å²) >= 11 is 0. The zero-order valence-corrected chi connectivity index (χ0v) is 26.2. The Morgan fingerprint density at radius 1 is 0.548 bits per heavy atom. The monoisotopic (exact) mass is 614 g/mol. The van der Waals surface area contributed by atoms with E-state index in [2.05, 4.69) is 31.2 Å². The number of benzene rings is 2. The van der Waals surface area contributed by atoms with Gasteiger partial charge in [-0.3, -0.25) is 0 Å². The summed E-state index contributed by atoms with van der Waals surface area (Å²) in [5.41, 5.74) is 2.77. The van der Waals surface area contributed by atoms with E-state index in [4.69, 9.17) is 9.05 Å². The van der Waals surface area contributed by atoms with Gasteiger partial charge in [-0.15, -0.1) is 0 Å². The summed E-state index contributed by atoms with van der Waals surface area (Å²) in [4.78, 5) is 0.